The maximum atomic E-state index is 12.2. The average Bonchev–Trinajstić information content (AvgIpc) is 3.03. The van der Waals surface area contributed by atoms with Crippen LogP contribution in [0, 0.1) is 13.8 Å². The van der Waals surface area contributed by atoms with Gasteiger partial charge in [-0.3, -0.25) is 9.20 Å². The van der Waals surface area contributed by atoms with E-state index >= 15 is 0 Å². The Morgan fingerprint density at radius 2 is 2.21 bits per heavy atom. The van der Waals surface area contributed by atoms with Crippen molar-refractivity contribution in [2.45, 2.75) is 26.8 Å². The lowest BCUT2D eigenvalue weighted by molar-refractivity contribution is -0.117. The molecular formula is C18H18ClN3O2. The van der Waals surface area contributed by atoms with Crippen molar-refractivity contribution in [3.05, 3.63) is 64.5 Å². The number of aromatic nitrogens is 2. The van der Waals surface area contributed by atoms with E-state index in [1.807, 2.05) is 55.6 Å². The molecule has 1 atom stereocenters. The fraction of sp³-hybridized carbons (Fsp3) is 0.222. The second-order valence-corrected chi connectivity index (χ2v) is 6.01. The third-order valence-corrected chi connectivity index (χ3v) is 4.10. The Bertz CT molecular complexity index is 924. The number of imidazole rings is 1. The molecule has 6 heteroatoms. The van der Waals surface area contributed by atoms with Crippen LogP contribution in [-0.2, 0) is 4.79 Å². The molecule has 3 rings (SSSR count). The fourth-order valence-electron chi connectivity index (χ4n) is 2.71. The van der Waals surface area contributed by atoms with Crippen LogP contribution < -0.4 is 5.32 Å². The number of carbonyl (C=O) groups is 1. The molecule has 0 saturated carbocycles. The van der Waals surface area contributed by atoms with Crippen molar-refractivity contribution in [3.63, 3.8) is 0 Å². The number of halogens is 1. The molecule has 0 saturated heterocycles. The number of amides is 1. The molecular weight excluding hydrogens is 326 g/mol. The van der Waals surface area contributed by atoms with E-state index in [9.17, 15) is 4.79 Å². The van der Waals surface area contributed by atoms with Gasteiger partial charge in [0.1, 0.15) is 17.2 Å². The Morgan fingerprint density at radius 3 is 2.92 bits per heavy atom. The molecule has 0 bridgehead atoms. The van der Waals surface area contributed by atoms with Gasteiger partial charge in [-0.05, 0) is 45.0 Å². The SMILES string of the molecule is Cc1cc(C(C)NC(=O)/C=C/c2c(Cl)nc3ccccn23)c(C)o1. The first-order valence-corrected chi connectivity index (χ1v) is 8.01. The molecule has 1 N–H and O–H groups in total. The summed E-state index contributed by atoms with van der Waals surface area (Å²) >= 11 is 6.15. The molecule has 124 valence electrons. The van der Waals surface area contributed by atoms with Crippen LogP contribution in [0.2, 0.25) is 5.15 Å². The Balaban J connectivity index is 1.75. The van der Waals surface area contributed by atoms with Crippen molar-refractivity contribution in [2.24, 2.45) is 0 Å². The summed E-state index contributed by atoms with van der Waals surface area (Å²) in [6.07, 6.45) is 4.98. The number of rotatable bonds is 4. The van der Waals surface area contributed by atoms with Crippen molar-refractivity contribution in [3.8, 4) is 0 Å². The number of carbonyl (C=O) groups excluding carboxylic acids is 1. The van der Waals surface area contributed by atoms with Gasteiger partial charge in [0.05, 0.1) is 11.7 Å². The van der Waals surface area contributed by atoms with E-state index in [0.29, 0.717) is 10.8 Å². The number of hydrogen-bond donors (Lipinski definition) is 1. The number of pyridine rings is 1. The van der Waals surface area contributed by atoms with Crippen LogP contribution in [0.1, 0.15) is 35.7 Å². The monoisotopic (exact) mass is 343 g/mol. The first kappa shape index (κ1) is 16.3. The molecule has 0 aliphatic carbocycles. The lowest BCUT2D eigenvalue weighted by atomic mass is 10.1. The number of hydrogen-bond acceptors (Lipinski definition) is 3. The Morgan fingerprint density at radius 1 is 1.42 bits per heavy atom. The molecule has 3 aromatic heterocycles. The minimum absolute atomic E-state index is 0.141. The Kier molecular flexibility index (Phi) is 4.44. The molecule has 0 aliphatic heterocycles. The quantitative estimate of drug-likeness (QED) is 0.726. The molecule has 3 aromatic rings. The number of fused-ring (bicyclic) bond motifs is 1. The van der Waals surface area contributed by atoms with Crippen molar-refractivity contribution in [2.75, 3.05) is 0 Å². The molecule has 0 fully saturated rings. The lowest BCUT2D eigenvalue weighted by Gasteiger charge is -2.11. The fourth-order valence-corrected chi connectivity index (χ4v) is 2.95. The summed E-state index contributed by atoms with van der Waals surface area (Å²) < 4.78 is 7.33. The van der Waals surface area contributed by atoms with Gasteiger partial charge in [0.15, 0.2) is 5.15 Å². The molecule has 24 heavy (non-hydrogen) atoms. The zero-order valence-corrected chi connectivity index (χ0v) is 14.5. The zero-order valence-electron chi connectivity index (χ0n) is 13.7. The molecule has 0 aromatic carbocycles. The van der Waals surface area contributed by atoms with E-state index in [1.54, 1.807) is 6.08 Å². The van der Waals surface area contributed by atoms with Crippen molar-refractivity contribution in [1.82, 2.24) is 14.7 Å². The molecule has 3 heterocycles. The number of nitrogens with one attached hydrogen (secondary N) is 1. The highest BCUT2D eigenvalue weighted by atomic mass is 35.5. The van der Waals surface area contributed by atoms with E-state index in [4.69, 9.17) is 16.0 Å². The summed E-state index contributed by atoms with van der Waals surface area (Å²) in [7, 11) is 0. The summed E-state index contributed by atoms with van der Waals surface area (Å²) in [6, 6.07) is 7.42. The number of aryl methyl sites for hydroxylation is 2. The first-order chi connectivity index (χ1) is 11.5. The normalized spacial score (nSPS) is 12.8. The maximum absolute atomic E-state index is 12.2. The summed E-state index contributed by atoms with van der Waals surface area (Å²) in [6.45, 7) is 5.70. The second-order valence-electron chi connectivity index (χ2n) is 5.65. The number of nitrogens with zero attached hydrogens (tertiary/aromatic N) is 2. The van der Waals surface area contributed by atoms with Crippen LogP contribution in [0.15, 0.2) is 41.0 Å². The molecule has 1 unspecified atom stereocenters. The van der Waals surface area contributed by atoms with Gasteiger partial charge >= 0.3 is 0 Å². The largest absolute Gasteiger partial charge is 0.466 e. The van der Waals surface area contributed by atoms with Gasteiger partial charge in [-0.1, -0.05) is 17.7 Å². The van der Waals surface area contributed by atoms with E-state index in [2.05, 4.69) is 10.3 Å². The van der Waals surface area contributed by atoms with Gasteiger partial charge < -0.3 is 9.73 Å². The van der Waals surface area contributed by atoms with Gasteiger partial charge in [-0.25, -0.2) is 4.98 Å². The zero-order chi connectivity index (χ0) is 17.3. The first-order valence-electron chi connectivity index (χ1n) is 7.64. The summed E-state index contributed by atoms with van der Waals surface area (Å²) in [5.74, 6) is 1.44. The molecule has 0 aliphatic rings. The highest BCUT2D eigenvalue weighted by molar-refractivity contribution is 6.31. The van der Waals surface area contributed by atoms with E-state index in [-0.39, 0.29) is 11.9 Å². The van der Waals surface area contributed by atoms with Gasteiger partial charge in [0.2, 0.25) is 5.91 Å². The van der Waals surface area contributed by atoms with Gasteiger partial charge in [0, 0.05) is 17.8 Å². The summed E-state index contributed by atoms with van der Waals surface area (Å²) in [5.41, 5.74) is 2.38. The van der Waals surface area contributed by atoms with Crippen molar-refractivity contribution < 1.29 is 9.21 Å². The maximum Gasteiger partial charge on any atom is 0.244 e. The standard InChI is InChI=1S/C18H18ClN3O2/c1-11-10-14(13(3)24-11)12(2)20-17(23)8-7-15-18(19)21-16-6-4-5-9-22(15)16/h4-10,12H,1-3H3,(H,20,23)/b8-7+. The molecule has 0 radical (unpaired) electrons. The van der Waals surface area contributed by atoms with Crippen LogP contribution in [0.5, 0.6) is 0 Å². The smallest absolute Gasteiger partial charge is 0.244 e. The molecule has 0 spiro atoms. The third-order valence-electron chi connectivity index (χ3n) is 3.82. The highest BCUT2D eigenvalue weighted by Crippen LogP contribution is 2.21. The van der Waals surface area contributed by atoms with Crippen LogP contribution in [0.3, 0.4) is 0 Å². The predicted molar refractivity (Wildman–Crippen MR) is 94.0 cm³/mol. The third kappa shape index (κ3) is 3.21. The number of furan rings is 1. The second kappa shape index (κ2) is 6.53. The molecule has 5 nitrogen and oxygen atoms in total. The predicted octanol–water partition coefficient (Wildman–Crippen LogP) is 4.09. The minimum Gasteiger partial charge on any atom is -0.466 e. The van der Waals surface area contributed by atoms with Gasteiger partial charge in [-0.2, -0.15) is 0 Å². The highest BCUT2D eigenvalue weighted by Gasteiger charge is 2.14. The van der Waals surface area contributed by atoms with Gasteiger partial charge in [0.25, 0.3) is 0 Å². The summed E-state index contributed by atoms with van der Waals surface area (Å²) in [5, 5.41) is 3.28. The van der Waals surface area contributed by atoms with Crippen LogP contribution in [0.25, 0.3) is 11.7 Å². The minimum atomic E-state index is -0.206. The molecule has 1 amide bonds. The van der Waals surface area contributed by atoms with Crippen LogP contribution >= 0.6 is 11.6 Å². The Hall–Kier alpha value is -2.53. The van der Waals surface area contributed by atoms with Crippen LogP contribution in [-0.4, -0.2) is 15.3 Å². The average molecular weight is 344 g/mol. The van der Waals surface area contributed by atoms with Crippen molar-refractivity contribution >= 4 is 29.2 Å². The summed E-state index contributed by atoms with van der Waals surface area (Å²) in [4.78, 5) is 16.4. The van der Waals surface area contributed by atoms with E-state index in [0.717, 1.165) is 22.7 Å². The van der Waals surface area contributed by atoms with E-state index < -0.39 is 0 Å². The van der Waals surface area contributed by atoms with Crippen LogP contribution in [0.4, 0.5) is 0 Å². The topological polar surface area (TPSA) is 59.5 Å². The van der Waals surface area contributed by atoms with Crippen molar-refractivity contribution in [1.29, 1.82) is 0 Å². The van der Waals surface area contributed by atoms with E-state index in [1.165, 1.54) is 6.08 Å². The Labute approximate surface area is 145 Å². The van der Waals surface area contributed by atoms with Gasteiger partial charge in [-0.15, -0.1) is 0 Å². The lowest BCUT2D eigenvalue weighted by Crippen LogP contribution is -2.24.